The van der Waals surface area contributed by atoms with Gasteiger partial charge in [0, 0.05) is 18.4 Å². The van der Waals surface area contributed by atoms with Crippen molar-refractivity contribution in [3.8, 4) is 0 Å². The fourth-order valence-electron chi connectivity index (χ4n) is 4.14. The van der Waals surface area contributed by atoms with Crippen molar-refractivity contribution < 1.29 is 28.3 Å². The Labute approximate surface area is 242 Å². The van der Waals surface area contributed by atoms with Gasteiger partial charge in [-0.25, -0.2) is 9.36 Å². The molecule has 9 heteroatoms. The van der Waals surface area contributed by atoms with Crippen LogP contribution in [-0.4, -0.2) is 73.1 Å². The van der Waals surface area contributed by atoms with Crippen LogP contribution in [0, 0.1) is 0 Å². The fourth-order valence-corrected chi connectivity index (χ4v) is 6.23. The number of ether oxygens (including phenoxy) is 2. The molecule has 0 radical (unpaired) electrons. The van der Waals surface area contributed by atoms with Crippen LogP contribution in [0.3, 0.4) is 0 Å². The van der Waals surface area contributed by atoms with Crippen molar-refractivity contribution in [2.75, 3.05) is 46.2 Å². The second-order valence-electron chi connectivity index (χ2n) is 10.5. The molecule has 3 unspecified atom stereocenters. The molecule has 1 N–H and O–H groups in total. The van der Waals surface area contributed by atoms with Gasteiger partial charge < -0.3 is 23.8 Å². The van der Waals surface area contributed by atoms with Crippen LogP contribution in [0.25, 0.3) is 0 Å². The summed E-state index contributed by atoms with van der Waals surface area (Å²) in [6.45, 7) is 5.28. The molecule has 0 fully saturated rings. The lowest BCUT2D eigenvalue weighted by Crippen LogP contribution is -2.25. The van der Waals surface area contributed by atoms with Gasteiger partial charge >= 0.3 is 13.3 Å². The van der Waals surface area contributed by atoms with Gasteiger partial charge in [0.2, 0.25) is 0 Å². The molecule has 1 rings (SSSR count). The van der Waals surface area contributed by atoms with E-state index < -0.39 is 13.3 Å². The minimum Gasteiger partial charge on any atom is -0.455 e. The first-order valence-corrected chi connectivity index (χ1v) is 17.5. The van der Waals surface area contributed by atoms with Crippen LogP contribution in [-0.2, 0) is 25.0 Å². The summed E-state index contributed by atoms with van der Waals surface area (Å²) in [4.78, 5) is 23.5. The van der Waals surface area contributed by atoms with Crippen molar-refractivity contribution in [3.05, 3.63) is 35.9 Å². The summed E-state index contributed by atoms with van der Waals surface area (Å²) in [6.07, 6.45) is 14.1. The predicted octanol–water partition coefficient (Wildman–Crippen LogP) is 7.95. The number of carbonyl (C=O) groups is 1. The largest absolute Gasteiger partial charge is 0.455 e. The van der Waals surface area contributed by atoms with Crippen molar-refractivity contribution in [1.82, 2.24) is 4.90 Å². The van der Waals surface area contributed by atoms with Gasteiger partial charge in [-0.2, -0.15) is 11.8 Å². The van der Waals surface area contributed by atoms with E-state index in [1.165, 1.54) is 63.4 Å². The number of aryl methyl sites for hydroxylation is 1. The van der Waals surface area contributed by atoms with E-state index in [1.807, 2.05) is 30.8 Å². The third-order valence-electron chi connectivity index (χ3n) is 6.58. The smallest absolute Gasteiger partial charge is 0.435 e. The average Bonchev–Trinajstić information content (AvgIpc) is 2.91. The van der Waals surface area contributed by atoms with Crippen LogP contribution in [0.4, 0.5) is 4.79 Å². The zero-order valence-electron chi connectivity index (χ0n) is 24.9. The molecule has 226 valence electrons. The van der Waals surface area contributed by atoms with Crippen LogP contribution in [0.1, 0.15) is 90.0 Å². The maximum Gasteiger partial charge on any atom is 0.435 e. The molecule has 0 bridgehead atoms. The van der Waals surface area contributed by atoms with Crippen molar-refractivity contribution in [1.29, 1.82) is 0 Å². The van der Waals surface area contributed by atoms with E-state index in [9.17, 15) is 14.3 Å². The lowest BCUT2D eigenvalue weighted by molar-refractivity contribution is 0.0535. The Morgan fingerprint density at radius 2 is 1.64 bits per heavy atom. The monoisotopic (exact) mass is 587 g/mol. The van der Waals surface area contributed by atoms with E-state index in [4.69, 9.17) is 14.0 Å². The highest BCUT2D eigenvalue weighted by atomic mass is 32.2. The Balaban J connectivity index is 2.30. The predicted molar refractivity (Wildman–Crippen MR) is 164 cm³/mol. The molecule has 39 heavy (non-hydrogen) atoms. The molecule has 0 aliphatic carbocycles. The molecule has 0 spiro atoms. The van der Waals surface area contributed by atoms with E-state index >= 15 is 0 Å². The number of nitrogens with zero attached hydrogens (tertiary/aromatic N) is 1. The van der Waals surface area contributed by atoms with Gasteiger partial charge in [-0.1, -0.05) is 82.2 Å². The van der Waals surface area contributed by atoms with Gasteiger partial charge in [-0.05, 0) is 64.4 Å². The zero-order chi connectivity index (χ0) is 28.8. The van der Waals surface area contributed by atoms with Crippen LogP contribution < -0.4 is 0 Å². The Bertz CT molecular complexity index is 782. The lowest BCUT2D eigenvalue weighted by Gasteiger charge is -2.24. The molecule has 1 aromatic rings. The van der Waals surface area contributed by atoms with E-state index in [1.54, 1.807) is 0 Å². The third kappa shape index (κ3) is 19.0. The number of thioether (sulfide) groups is 1. The van der Waals surface area contributed by atoms with Gasteiger partial charge in [-0.3, -0.25) is 0 Å². The quantitative estimate of drug-likeness (QED) is 0.0911. The van der Waals surface area contributed by atoms with Crippen molar-refractivity contribution in [3.63, 3.8) is 0 Å². The highest BCUT2D eigenvalue weighted by molar-refractivity contribution is 7.99. The van der Waals surface area contributed by atoms with Crippen LogP contribution in [0.2, 0.25) is 0 Å². The molecule has 0 heterocycles. The Hall–Kier alpha value is -0.890. The first kappa shape index (κ1) is 36.1. The number of benzene rings is 1. The van der Waals surface area contributed by atoms with Gasteiger partial charge in [0.1, 0.15) is 6.61 Å². The number of hydrogen-bond donors (Lipinski definition) is 1. The van der Waals surface area contributed by atoms with E-state index in [0.717, 1.165) is 18.6 Å². The first-order chi connectivity index (χ1) is 18.8. The summed E-state index contributed by atoms with van der Waals surface area (Å²) in [5.41, 5.74) is 0.228. The number of hydrogen-bond acceptors (Lipinski definition) is 7. The number of unbranched alkanes of at least 4 members (excludes halogenated alkanes) is 7. The first-order valence-electron chi connectivity index (χ1n) is 14.8. The second kappa shape index (κ2) is 22.8. The molecule has 7 nitrogen and oxygen atoms in total. The number of rotatable bonds is 25. The molecule has 0 saturated heterocycles. The summed E-state index contributed by atoms with van der Waals surface area (Å²) >= 11 is 2.02. The summed E-state index contributed by atoms with van der Waals surface area (Å²) < 4.78 is 28.0. The van der Waals surface area contributed by atoms with Gasteiger partial charge in [0.15, 0.2) is 0 Å². The van der Waals surface area contributed by atoms with Crippen LogP contribution in [0.15, 0.2) is 30.3 Å². The Morgan fingerprint density at radius 3 is 2.36 bits per heavy atom. The van der Waals surface area contributed by atoms with Crippen LogP contribution >= 0.6 is 19.4 Å². The minimum absolute atomic E-state index is 0.0267. The Kier molecular flexibility index (Phi) is 21.1. The van der Waals surface area contributed by atoms with E-state index in [0.29, 0.717) is 24.8 Å². The minimum atomic E-state index is -4.43. The highest BCUT2D eigenvalue weighted by Crippen LogP contribution is 2.44. The number of likely N-dealkylation sites (N-methyl/N-ethyl adjacent to an activating group) is 1. The maximum absolute atomic E-state index is 12.1. The SMILES string of the molecule is CCCCCCCC(SCCCCCCc1ccccc1)C(C)OCCCOP(=O)(O)C(=O)OCCN(C)C. The molecule has 0 aliphatic rings. The van der Waals surface area contributed by atoms with Gasteiger partial charge in [-0.15, -0.1) is 0 Å². The standard InChI is InChI=1S/C30H54NO6PS/c1-5-6-7-8-15-21-29(39-26-16-10-9-12-18-28-19-13-11-14-20-28)27(2)35-23-17-24-37-38(33,34)30(32)36-25-22-31(3)4/h11,13-14,19-20,27,29H,5-10,12,15-18,21-26H2,1-4H3,(H,33,34). The van der Waals surface area contributed by atoms with E-state index in [2.05, 4.69) is 44.2 Å². The molecule has 0 aliphatic heterocycles. The van der Waals surface area contributed by atoms with Gasteiger partial charge in [0.25, 0.3) is 0 Å². The average molecular weight is 588 g/mol. The molecule has 3 atom stereocenters. The normalized spacial score (nSPS) is 14.7. The summed E-state index contributed by atoms with van der Waals surface area (Å²) in [6, 6.07) is 10.7. The molecule has 0 saturated carbocycles. The molecular formula is C30H54NO6PS. The second-order valence-corrected chi connectivity index (χ2v) is 13.5. The highest BCUT2D eigenvalue weighted by Gasteiger charge is 2.32. The van der Waals surface area contributed by atoms with Crippen molar-refractivity contribution >= 4 is 25.1 Å². The fraction of sp³-hybridized carbons (Fsp3) is 0.767. The molecule has 0 amide bonds. The van der Waals surface area contributed by atoms with Crippen LogP contribution in [0.5, 0.6) is 0 Å². The molecule has 1 aromatic carbocycles. The summed E-state index contributed by atoms with van der Waals surface area (Å²) in [7, 11) is -0.780. The molecule has 0 aromatic heterocycles. The molecular weight excluding hydrogens is 533 g/mol. The van der Waals surface area contributed by atoms with Gasteiger partial charge in [0.05, 0.1) is 12.7 Å². The lowest BCUT2D eigenvalue weighted by atomic mass is 10.1. The summed E-state index contributed by atoms with van der Waals surface area (Å²) in [5, 5.41) is 0.437. The van der Waals surface area contributed by atoms with Crippen molar-refractivity contribution in [2.24, 2.45) is 0 Å². The Morgan fingerprint density at radius 1 is 0.949 bits per heavy atom. The third-order valence-corrected chi connectivity index (χ3v) is 9.28. The van der Waals surface area contributed by atoms with Crippen molar-refractivity contribution in [2.45, 2.75) is 102 Å². The maximum atomic E-state index is 12.1. The topological polar surface area (TPSA) is 85.3 Å². The number of carbonyl (C=O) groups excluding carboxylic acids is 1. The summed E-state index contributed by atoms with van der Waals surface area (Å²) in [5.74, 6) is 1.14. The van der Waals surface area contributed by atoms with E-state index in [-0.39, 0.29) is 19.3 Å². The zero-order valence-corrected chi connectivity index (χ0v) is 26.6.